The number of ketones is 2. The van der Waals surface area contributed by atoms with Gasteiger partial charge in [-0.25, -0.2) is 0 Å². The SMILES string of the molecule is CC(=O)O[C@H]1[C@H](OC(C)=O)[C@@]2(C)C(=CC[C@@H]2c2ccoc2)[C@@]2(C)C(=O)C[C@H]3C(C)(C)O[C@]4(O)C(=O)CC[C@]34[C@@H]12. The highest BCUT2D eigenvalue weighted by molar-refractivity contribution is 5.95. The Morgan fingerprint density at radius 2 is 1.74 bits per heavy atom. The summed E-state index contributed by atoms with van der Waals surface area (Å²) < 4.78 is 23.8. The molecule has 1 saturated heterocycles. The molecule has 9 atom stereocenters. The number of esters is 2. The van der Waals surface area contributed by atoms with Crippen molar-refractivity contribution in [2.45, 2.75) is 96.7 Å². The normalized spacial score (nSPS) is 45.6. The van der Waals surface area contributed by atoms with Crippen molar-refractivity contribution < 1.29 is 42.9 Å². The third-order valence-electron chi connectivity index (χ3n) is 11.0. The van der Waals surface area contributed by atoms with E-state index in [9.17, 15) is 24.3 Å². The Kier molecular flexibility index (Phi) is 5.36. The van der Waals surface area contributed by atoms with Crippen LogP contribution in [-0.4, -0.2) is 52.2 Å². The summed E-state index contributed by atoms with van der Waals surface area (Å²) in [4.78, 5) is 53.2. The molecule has 9 nitrogen and oxygen atoms in total. The molecule has 1 N–H and O–H groups in total. The van der Waals surface area contributed by atoms with Crippen molar-refractivity contribution in [3.05, 3.63) is 35.8 Å². The Morgan fingerprint density at radius 3 is 2.36 bits per heavy atom. The smallest absolute Gasteiger partial charge is 0.303 e. The van der Waals surface area contributed by atoms with E-state index in [2.05, 4.69) is 0 Å². The van der Waals surface area contributed by atoms with E-state index in [1.54, 1.807) is 26.4 Å². The standard InChI is InChI=1S/C30H36O9/c1-15(31)37-23-24-28(6,22(34)13-20-26(3,4)39-30(35)21(33)9-11-29(20,24)30)19-8-7-18(17-10-12-36-14-17)27(19,5)25(23)38-16(2)32/h8,10,12,14,18,20,23-25,35H,7,9,11,13H2,1-6H3/t18-,20+,23-,24+,25+,27-,28+,29-,30-/m1/s1. The molecule has 2 heterocycles. The highest BCUT2D eigenvalue weighted by Crippen LogP contribution is 2.77. The lowest BCUT2D eigenvalue weighted by atomic mass is 9.38. The number of fused-ring (bicyclic) bond motifs is 3. The number of ether oxygens (including phenoxy) is 3. The lowest BCUT2D eigenvalue weighted by Gasteiger charge is -2.64. The van der Waals surface area contributed by atoms with Gasteiger partial charge in [0.1, 0.15) is 18.0 Å². The number of Topliss-reactive ketones (excluding diaryl/α,β-unsaturated/α-hetero) is 2. The molecule has 6 rings (SSSR count). The van der Waals surface area contributed by atoms with Crippen LogP contribution in [0.5, 0.6) is 0 Å². The minimum absolute atomic E-state index is 0.0628. The van der Waals surface area contributed by atoms with Gasteiger partial charge in [-0.2, -0.15) is 0 Å². The summed E-state index contributed by atoms with van der Waals surface area (Å²) >= 11 is 0. The lowest BCUT2D eigenvalue weighted by Crippen LogP contribution is -2.72. The Morgan fingerprint density at radius 1 is 1.05 bits per heavy atom. The molecule has 39 heavy (non-hydrogen) atoms. The molecular formula is C30H36O9. The van der Waals surface area contributed by atoms with E-state index in [1.807, 2.05) is 26.0 Å². The predicted octanol–water partition coefficient (Wildman–Crippen LogP) is 3.63. The monoisotopic (exact) mass is 540 g/mol. The van der Waals surface area contributed by atoms with Crippen molar-refractivity contribution in [1.82, 2.24) is 0 Å². The van der Waals surface area contributed by atoms with E-state index >= 15 is 0 Å². The van der Waals surface area contributed by atoms with Crippen LogP contribution in [-0.2, 0) is 33.4 Å². The van der Waals surface area contributed by atoms with Gasteiger partial charge in [0.15, 0.2) is 5.78 Å². The number of rotatable bonds is 3. The molecule has 0 radical (unpaired) electrons. The molecule has 1 aromatic rings. The second-order valence-corrected chi connectivity index (χ2v) is 13.0. The Balaban J connectivity index is 1.65. The highest BCUT2D eigenvalue weighted by atomic mass is 16.7. The van der Waals surface area contributed by atoms with Gasteiger partial charge in [0.25, 0.3) is 0 Å². The first-order chi connectivity index (χ1) is 18.2. The van der Waals surface area contributed by atoms with E-state index in [0.29, 0.717) is 6.42 Å². The van der Waals surface area contributed by atoms with E-state index in [-0.39, 0.29) is 31.0 Å². The summed E-state index contributed by atoms with van der Waals surface area (Å²) in [6.07, 6.45) is 4.14. The van der Waals surface area contributed by atoms with E-state index in [0.717, 1.165) is 11.1 Å². The maximum Gasteiger partial charge on any atom is 0.303 e. The molecule has 9 heteroatoms. The zero-order valence-electron chi connectivity index (χ0n) is 23.2. The average Bonchev–Trinajstić information content (AvgIpc) is 3.56. The first kappa shape index (κ1) is 26.4. The van der Waals surface area contributed by atoms with Crippen LogP contribution in [0, 0.1) is 28.1 Å². The molecule has 0 bridgehead atoms. The molecule has 210 valence electrons. The molecule has 5 aliphatic rings. The first-order valence-electron chi connectivity index (χ1n) is 13.7. The molecule has 1 aliphatic heterocycles. The fourth-order valence-corrected chi connectivity index (χ4v) is 9.76. The maximum absolute atomic E-state index is 14.5. The van der Waals surface area contributed by atoms with Crippen molar-refractivity contribution in [3.63, 3.8) is 0 Å². The van der Waals surface area contributed by atoms with Crippen molar-refractivity contribution in [1.29, 1.82) is 0 Å². The van der Waals surface area contributed by atoms with Gasteiger partial charge in [-0.1, -0.05) is 18.6 Å². The number of hydrogen-bond acceptors (Lipinski definition) is 9. The van der Waals surface area contributed by atoms with Gasteiger partial charge in [-0.3, -0.25) is 19.2 Å². The average molecular weight is 541 g/mol. The summed E-state index contributed by atoms with van der Waals surface area (Å²) in [7, 11) is 0. The number of hydrogen-bond donors (Lipinski definition) is 1. The number of aliphatic hydroxyl groups is 1. The van der Waals surface area contributed by atoms with Crippen LogP contribution in [0.25, 0.3) is 0 Å². The van der Waals surface area contributed by atoms with Crippen LogP contribution in [0.2, 0.25) is 0 Å². The van der Waals surface area contributed by atoms with Gasteiger partial charge in [0.05, 0.1) is 23.5 Å². The van der Waals surface area contributed by atoms with Crippen molar-refractivity contribution in [2.24, 2.45) is 28.1 Å². The molecule has 1 spiro atoms. The fraction of sp³-hybridized carbons (Fsp3) is 0.667. The van der Waals surface area contributed by atoms with Gasteiger partial charge in [0.2, 0.25) is 5.79 Å². The fourth-order valence-electron chi connectivity index (χ4n) is 9.76. The predicted molar refractivity (Wildman–Crippen MR) is 135 cm³/mol. The summed E-state index contributed by atoms with van der Waals surface area (Å²) in [6, 6.07) is 1.85. The van der Waals surface area contributed by atoms with Gasteiger partial charge < -0.3 is 23.7 Å². The van der Waals surface area contributed by atoms with Crippen LogP contribution in [0.1, 0.15) is 78.7 Å². The van der Waals surface area contributed by atoms with Crippen molar-refractivity contribution in [2.75, 3.05) is 0 Å². The summed E-state index contributed by atoms with van der Waals surface area (Å²) in [5.41, 5.74) is -2.72. The summed E-state index contributed by atoms with van der Waals surface area (Å²) in [6.45, 7) is 9.96. The van der Waals surface area contributed by atoms with Crippen LogP contribution in [0.4, 0.5) is 0 Å². The zero-order valence-corrected chi connectivity index (χ0v) is 23.2. The molecule has 1 aromatic heterocycles. The van der Waals surface area contributed by atoms with Crippen LogP contribution in [0.3, 0.4) is 0 Å². The van der Waals surface area contributed by atoms with E-state index < -0.39 is 69.4 Å². The third-order valence-corrected chi connectivity index (χ3v) is 11.0. The lowest BCUT2D eigenvalue weighted by molar-refractivity contribution is -0.269. The second-order valence-electron chi connectivity index (χ2n) is 13.0. The topological polar surface area (TPSA) is 129 Å². The maximum atomic E-state index is 14.5. The van der Waals surface area contributed by atoms with E-state index in [4.69, 9.17) is 18.6 Å². The molecule has 4 fully saturated rings. The first-order valence-corrected chi connectivity index (χ1v) is 13.7. The van der Waals surface area contributed by atoms with Crippen molar-refractivity contribution >= 4 is 23.5 Å². The van der Waals surface area contributed by atoms with Crippen LogP contribution >= 0.6 is 0 Å². The minimum Gasteiger partial charge on any atom is -0.472 e. The Bertz CT molecular complexity index is 1310. The van der Waals surface area contributed by atoms with Gasteiger partial charge >= 0.3 is 11.9 Å². The van der Waals surface area contributed by atoms with Crippen molar-refractivity contribution in [3.8, 4) is 0 Å². The second kappa shape index (κ2) is 7.91. The number of furan rings is 1. The molecule has 0 aromatic carbocycles. The van der Waals surface area contributed by atoms with Gasteiger partial charge in [-0.05, 0) is 45.2 Å². The van der Waals surface area contributed by atoms with Crippen LogP contribution in [0.15, 0.2) is 34.7 Å². The highest BCUT2D eigenvalue weighted by Gasteiger charge is 2.84. The molecule has 4 aliphatic carbocycles. The molecule has 3 saturated carbocycles. The minimum atomic E-state index is -2.16. The van der Waals surface area contributed by atoms with E-state index in [1.165, 1.54) is 13.8 Å². The van der Waals surface area contributed by atoms with Crippen LogP contribution < -0.4 is 0 Å². The molecule has 0 unspecified atom stereocenters. The third kappa shape index (κ3) is 2.98. The Hall–Kier alpha value is -2.78. The van der Waals surface area contributed by atoms with Gasteiger partial charge in [0, 0.05) is 55.3 Å². The number of allylic oxidation sites excluding steroid dienone is 1. The summed E-state index contributed by atoms with van der Waals surface area (Å²) in [5, 5.41) is 12.1. The molecule has 0 amide bonds. The zero-order chi connectivity index (χ0) is 28.3. The number of carbonyl (C=O) groups is 4. The summed E-state index contributed by atoms with van der Waals surface area (Å²) in [5.74, 6) is -5.44. The number of carbonyl (C=O) groups excluding carboxylic acids is 4. The quantitative estimate of drug-likeness (QED) is 0.451. The van der Waals surface area contributed by atoms with Gasteiger partial charge in [-0.15, -0.1) is 0 Å². The molecular weight excluding hydrogens is 504 g/mol. The largest absolute Gasteiger partial charge is 0.472 e. The Labute approximate surface area is 227 Å².